The number of nitrogens with zero attached hydrogens (tertiary/aromatic N) is 2. The van der Waals surface area contributed by atoms with Gasteiger partial charge in [-0.25, -0.2) is 4.98 Å². The van der Waals surface area contributed by atoms with Crippen LogP contribution in [-0.2, 0) is 6.54 Å². The van der Waals surface area contributed by atoms with E-state index >= 15 is 0 Å². The van der Waals surface area contributed by atoms with Gasteiger partial charge in [-0.15, -0.1) is 0 Å². The van der Waals surface area contributed by atoms with Gasteiger partial charge in [0.05, 0.1) is 25.0 Å². The molecule has 0 aliphatic heterocycles. The van der Waals surface area contributed by atoms with Crippen molar-refractivity contribution in [2.24, 2.45) is 0 Å². The summed E-state index contributed by atoms with van der Waals surface area (Å²) in [5.41, 5.74) is 2.64. The Morgan fingerprint density at radius 2 is 2.18 bits per heavy atom. The number of aromatic nitrogens is 2. The Balaban J connectivity index is 2.20. The Morgan fingerprint density at radius 1 is 1.41 bits per heavy atom. The van der Waals surface area contributed by atoms with Crippen molar-refractivity contribution in [2.75, 3.05) is 13.2 Å². The van der Waals surface area contributed by atoms with E-state index in [1.807, 2.05) is 31.2 Å². The van der Waals surface area contributed by atoms with Gasteiger partial charge in [0.2, 0.25) is 0 Å². The van der Waals surface area contributed by atoms with Gasteiger partial charge >= 0.3 is 0 Å². The van der Waals surface area contributed by atoms with Crippen LogP contribution in [0, 0.1) is 6.92 Å². The van der Waals surface area contributed by atoms with E-state index in [-0.39, 0.29) is 12.5 Å². The van der Waals surface area contributed by atoms with Crippen LogP contribution in [0.15, 0.2) is 30.5 Å². The number of benzene rings is 1. The van der Waals surface area contributed by atoms with Crippen LogP contribution < -0.4 is 0 Å². The van der Waals surface area contributed by atoms with Crippen molar-refractivity contribution in [1.82, 2.24) is 14.9 Å². The molecule has 0 aliphatic rings. The molecule has 0 bridgehead atoms. The Bertz CT molecular complexity index is 634. The molecule has 0 unspecified atom stereocenters. The van der Waals surface area contributed by atoms with Gasteiger partial charge < -0.3 is 15.0 Å². The normalized spacial score (nSPS) is 11.0. The predicted octanol–water partition coefficient (Wildman–Crippen LogP) is 2.48. The molecule has 0 radical (unpaired) electrons. The number of aromatic amines is 1. The van der Waals surface area contributed by atoms with Crippen molar-refractivity contribution in [3.63, 3.8) is 0 Å². The first-order chi connectivity index (χ1) is 10.5. The fraction of sp³-hybridized carbons (Fsp3) is 0.412. The van der Waals surface area contributed by atoms with Crippen LogP contribution in [0.1, 0.15) is 47.2 Å². The Kier molecular flexibility index (Phi) is 5.33. The lowest BCUT2D eigenvalue weighted by atomic mass is 10.0. The number of carbonyl (C=O) groups excluding carboxylic acids is 1. The number of H-pyrrole nitrogens is 1. The topological polar surface area (TPSA) is 69.2 Å². The van der Waals surface area contributed by atoms with E-state index < -0.39 is 0 Å². The molecule has 2 aromatic rings. The summed E-state index contributed by atoms with van der Waals surface area (Å²) in [6.45, 7) is 6.70. The molecule has 118 valence electrons. The molecule has 1 aromatic carbocycles. The van der Waals surface area contributed by atoms with E-state index in [0.717, 1.165) is 17.1 Å². The summed E-state index contributed by atoms with van der Waals surface area (Å²) in [4.78, 5) is 21.6. The third-order valence-electron chi connectivity index (χ3n) is 3.57. The number of imidazole rings is 1. The lowest BCUT2D eigenvalue weighted by Gasteiger charge is -2.21. The summed E-state index contributed by atoms with van der Waals surface area (Å²) >= 11 is 0. The quantitative estimate of drug-likeness (QED) is 0.861. The molecule has 0 saturated heterocycles. The van der Waals surface area contributed by atoms with Crippen LogP contribution in [0.4, 0.5) is 0 Å². The van der Waals surface area contributed by atoms with E-state index in [1.165, 1.54) is 0 Å². The van der Waals surface area contributed by atoms with E-state index in [4.69, 9.17) is 0 Å². The molecule has 5 nitrogen and oxygen atoms in total. The van der Waals surface area contributed by atoms with Crippen molar-refractivity contribution < 1.29 is 9.90 Å². The lowest BCUT2D eigenvalue weighted by molar-refractivity contribution is 0.0705. The van der Waals surface area contributed by atoms with Crippen molar-refractivity contribution in [2.45, 2.75) is 33.2 Å². The second-order valence-corrected chi connectivity index (χ2v) is 5.72. The van der Waals surface area contributed by atoms with Gasteiger partial charge in [-0.05, 0) is 30.5 Å². The third-order valence-corrected chi connectivity index (χ3v) is 3.57. The number of aliphatic hydroxyl groups is 1. The second-order valence-electron chi connectivity index (χ2n) is 5.72. The van der Waals surface area contributed by atoms with E-state index in [9.17, 15) is 9.90 Å². The van der Waals surface area contributed by atoms with Crippen molar-refractivity contribution in [3.8, 4) is 0 Å². The maximum atomic E-state index is 12.7. The van der Waals surface area contributed by atoms with Crippen molar-refractivity contribution in [1.29, 1.82) is 0 Å². The summed E-state index contributed by atoms with van der Waals surface area (Å²) < 4.78 is 0. The highest BCUT2D eigenvalue weighted by molar-refractivity contribution is 5.94. The van der Waals surface area contributed by atoms with Crippen molar-refractivity contribution >= 4 is 5.91 Å². The SMILES string of the molecule is Cc1ncc(CN(CCO)C(=O)c2cccc(C(C)C)c2)[nH]1. The van der Waals surface area contributed by atoms with Gasteiger partial charge in [0.25, 0.3) is 5.91 Å². The number of rotatable bonds is 6. The van der Waals surface area contributed by atoms with Gasteiger partial charge in [0.1, 0.15) is 5.82 Å². The standard InChI is InChI=1S/C17H23N3O2/c1-12(2)14-5-4-6-15(9-14)17(22)20(7-8-21)11-16-10-18-13(3)19-16/h4-6,9-10,12,21H,7-8,11H2,1-3H3,(H,18,19). The van der Waals surface area contributed by atoms with Crippen LogP contribution in [0.25, 0.3) is 0 Å². The first-order valence-corrected chi connectivity index (χ1v) is 7.52. The minimum Gasteiger partial charge on any atom is -0.395 e. The zero-order valence-corrected chi connectivity index (χ0v) is 13.3. The zero-order valence-electron chi connectivity index (χ0n) is 13.3. The summed E-state index contributed by atoms with van der Waals surface area (Å²) in [5, 5.41) is 9.24. The van der Waals surface area contributed by atoms with Gasteiger partial charge in [0.15, 0.2) is 0 Å². The van der Waals surface area contributed by atoms with Crippen LogP contribution in [-0.4, -0.2) is 39.0 Å². The molecule has 2 rings (SSSR count). The molecule has 0 saturated carbocycles. The van der Waals surface area contributed by atoms with Gasteiger partial charge in [-0.2, -0.15) is 0 Å². The maximum absolute atomic E-state index is 12.7. The molecule has 1 heterocycles. The summed E-state index contributed by atoms with van der Waals surface area (Å²) in [7, 11) is 0. The summed E-state index contributed by atoms with van der Waals surface area (Å²) in [5.74, 6) is 1.10. The molecule has 1 amide bonds. The molecule has 0 spiro atoms. The molecular weight excluding hydrogens is 278 g/mol. The molecular formula is C17H23N3O2. The smallest absolute Gasteiger partial charge is 0.254 e. The average molecular weight is 301 g/mol. The second kappa shape index (κ2) is 7.22. The molecule has 1 aromatic heterocycles. The fourth-order valence-corrected chi connectivity index (χ4v) is 2.34. The number of carbonyl (C=O) groups is 1. The lowest BCUT2D eigenvalue weighted by Crippen LogP contribution is -2.33. The first-order valence-electron chi connectivity index (χ1n) is 7.52. The molecule has 0 aliphatic carbocycles. The van der Waals surface area contributed by atoms with Crippen molar-refractivity contribution in [3.05, 3.63) is 53.1 Å². The average Bonchev–Trinajstić information content (AvgIpc) is 2.91. The monoisotopic (exact) mass is 301 g/mol. The molecule has 2 N–H and O–H groups in total. The zero-order chi connectivity index (χ0) is 16.1. The van der Waals surface area contributed by atoms with Gasteiger partial charge in [-0.1, -0.05) is 26.0 Å². The van der Waals surface area contributed by atoms with Crippen LogP contribution in [0.3, 0.4) is 0 Å². The van der Waals surface area contributed by atoms with E-state index in [2.05, 4.69) is 23.8 Å². The minimum absolute atomic E-state index is 0.0667. The van der Waals surface area contributed by atoms with Gasteiger partial charge in [0, 0.05) is 12.1 Å². The molecule has 0 atom stereocenters. The Hall–Kier alpha value is -2.14. The number of aryl methyl sites for hydroxylation is 1. The highest BCUT2D eigenvalue weighted by Crippen LogP contribution is 2.17. The summed E-state index contributed by atoms with van der Waals surface area (Å²) in [6, 6.07) is 7.67. The van der Waals surface area contributed by atoms with E-state index in [0.29, 0.717) is 24.6 Å². The Morgan fingerprint density at radius 3 is 2.77 bits per heavy atom. The molecule has 5 heteroatoms. The number of amides is 1. The minimum atomic E-state index is -0.0798. The highest BCUT2D eigenvalue weighted by atomic mass is 16.3. The number of aliphatic hydroxyl groups excluding tert-OH is 1. The largest absolute Gasteiger partial charge is 0.395 e. The van der Waals surface area contributed by atoms with Crippen LogP contribution in [0.5, 0.6) is 0 Å². The van der Waals surface area contributed by atoms with Gasteiger partial charge in [-0.3, -0.25) is 4.79 Å². The Labute approximate surface area is 131 Å². The van der Waals surface area contributed by atoms with E-state index in [1.54, 1.807) is 11.1 Å². The number of nitrogens with one attached hydrogen (secondary N) is 1. The number of hydrogen-bond acceptors (Lipinski definition) is 3. The highest BCUT2D eigenvalue weighted by Gasteiger charge is 2.17. The third kappa shape index (κ3) is 3.95. The predicted molar refractivity (Wildman–Crippen MR) is 85.7 cm³/mol. The molecule has 22 heavy (non-hydrogen) atoms. The number of hydrogen-bond donors (Lipinski definition) is 2. The first kappa shape index (κ1) is 16.2. The summed E-state index contributed by atoms with van der Waals surface area (Å²) in [6.07, 6.45) is 1.72. The fourth-order valence-electron chi connectivity index (χ4n) is 2.34. The molecule has 0 fully saturated rings. The van der Waals surface area contributed by atoms with Crippen LogP contribution in [0.2, 0.25) is 0 Å². The van der Waals surface area contributed by atoms with Crippen LogP contribution >= 0.6 is 0 Å². The maximum Gasteiger partial charge on any atom is 0.254 e.